The zero-order chi connectivity index (χ0) is 12.2. The van der Waals surface area contributed by atoms with E-state index in [1.54, 1.807) is 0 Å². The lowest BCUT2D eigenvalue weighted by atomic mass is 9.94. The van der Waals surface area contributed by atoms with Gasteiger partial charge in [-0.15, -0.1) is 0 Å². The van der Waals surface area contributed by atoms with Gasteiger partial charge in [-0.2, -0.15) is 0 Å². The first-order valence-corrected chi connectivity index (χ1v) is 6.38. The van der Waals surface area contributed by atoms with Gasteiger partial charge in [-0.25, -0.2) is 0 Å². The van der Waals surface area contributed by atoms with Gasteiger partial charge in [-0.1, -0.05) is 6.92 Å². The molecule has 1 amide bonds. The number of nitrogens with zero attached hydrogens (tertiary/aromatic N) is 2. The third kappa shape index (κ3) is 1.41. The fourth-order valence-electron chi connectivity index (χ4n) is 2.79. The van der Waals surface area contributed by atoms with E-state index in [-0.39, 0.29) is 11.4 Å². The van der Waals surface area contributed by atoms with E-state index in [9.17, 15) is 4.79 Å². The Morgan fingerprint density at radius 3 is 2.76 bits per heavy atom. The summed E-state index contributed by atoms with van der Waals surface area (Å²) in [6.45, 7) is 6.39. The summed E-state index contributed by atoms with van der Waals surface area (Å²) in [4.78, 5) is 18.8. The van der Waals surface area contributed by atoms with E-state index < -0.39 is 0 Å². The Labute approximate surface area is 102 Å². The second-order valence-electron chi connectivity index (χ2n) is 5.56. The highest BCUT2D eigenvalue weighted by Crippen LogP contribution is 2.44. The molecule has 0 radical (unpaired) electrons. The molecule has 2 heterocycles. The minimum Gasteiger partial charge on any atom is -0.325 e. The van der Waals surface area contributed by atoms with E-state index >= 15 is 0 Å². The van der Waals surface area contributed by atoms with Gasteiger partial charge in [-0.3, -0.25) is 9.78 Å². The summed E-state index contributed by atoms with van der Waals surface area (Å²) in [5.41, 5.74) is 2.79. The molecule has 0 saturated heterocycles. The molecule has 2 aliphatic rings. The van der Waals surface area contributed by atoms with Gasteiger partial charge in [0.2, 0.25) is 0 Å². The van der Waals surface area contributed by atoms with Crippen molar-refractivity contribution in [2.45, 2.75) is 51.6 Å². The molecule has 0 atom stereocenters. The number of rotatable bonds is 2. The van der Waals surface area contributed by atoms with Crippen molar-refractivity contribution in [2.75, 3.05) is 0 Å². The Morgan fingerprint density at radius 2 is 2.18 bits per heavy atom. The highest BCUT2D eigenvalue weighted by atomic mass is 16.2. The van der Waals surface area contributed by atoms with Crippen LogP contribution < -0.4 is 0 Å². The van der Waals surface area contributed by atoms with E-state index in [0.717, 1.165) is 24.8 Å². The molecule has 3 heteroatoms. The molecule has 0 N–H and O–H groups in total. The number of carbonyl (C=O) groups excluding carboxylic acids is 1. The highest BCUT2D eigenvalue weighted by Gasteiger charge is 2.50. The van der Waals surface area contributed by atoms with E-state index in [1.165, 1.54) is 5.56 Å². The topological polar surface area (TPSA) is 33.2 Å². The largest absolute Gasteiger partial charge is 0.325 e. The Morgan fingerprint density at radius 1 is 1.47 bits per heavy atom. The van der Waals surface area contributed by atoms with Gasteiger partial charge < -0.3 is 4.90 Å². The molecule has 1 aliphatic heterocycles. The maximum absolute atomic E-state index is 12.4. The van der Waals surface area contributed by atoms with E-state index in [4.69, 9.17) is 0 Å². The SMILES string of the molecule is CCc1cnc2c(c1)C(C)(C)N(C1CC1)C2=O. The Balaban J connectivity index is 2.12. The van der Waals surface area contributed by atoms with Gasteiger partial charge in [-0.05, 0) is 44.7 Å². The maximum atomic E-state index is 12.4. The molecule has 0 unspecified atom stereocenters. The fraction of sp³-hybridized carbons (Fsp3) is 0.571. The predicted octanol–water partition coefficient (Wildman–Crippen LogP) is 2.50. The number of fused-ring (bicyclic) bond motifs is 1. The minimum absolute atomic E-state index is 0.121. The van der Waals surface area contributed by atoms with Crippen LogP contribution in [-0.4, -0.2) is 21.8 Å². The van der Waals surface area contributed by atoms with Crippen LogP contribution in [0.5, 0.6) is 0 Å². The van der Waals surface area contributed by atoms with Crippen molar-refractivity contribution in [2.24, 2.45) is 0 Å². The Bertz CT molecular complexity index is 489. The quantitative estimate of drug-likeness (QED) is 0.782. The predicted molar refractivity (Wildman–Crippen MR) is 65.8 cm³/mol. The summed E-state index contributed by atoms with van der Waals surface area (Å²) in [5, 5.41) is 0. The minimum atomic E-state index is -0.189. The van der Waals surface area contributed by atoms with Gasteiger partial charge in [0.15, 0.2) is 0 Å². The normalized spacial score (nSPS) is 21.8. The van der Waals surface area contributed by atoms with E-state index in [0.29, 0.717) is 11.7 Å². The zero-order valence-corrected chi connectivity index (χ0v) is 10.7. The number of hydrogen-bond acceptors (Lipinski definition) is 2. The molecular formula is C14H18N2O. The monoisotopic (exact) mass is 230 g/mol. The van der Waals surface area contributed by atoms with Gasteiger partial charge >= 0.3 is 0 Å². The van der Waals surface area contributed by atoms with Gasteiger partial charge in [0.1, 0.15) is 5.69 Å². The van der Waals surface area contributed by atoms with Crippen LogP contribution in [0.3, 0.4) is 0 Å². The number of amides is 1. The van der Waals surface area contributed by atoms with Crippen LogP contribution >= 0.6 is 0 Å². The van der Waals surface area contributed by atoms with Gasteiger partial charge in [0, 0.05) is 17.8 Å². The van der Waals surface area contributed by atoms with Crippen molar-refractivity contribution < 1.29 is 4.79 Å². The highest BCUT2D eigenvalue weighted by molar-refractivity contribution is 5.98. The van der Waals surface area contributed by atoms with Crippen molar-refractivity contribution in [3.05, 3.63) is 29.1 Å². The van der Waals surface area contributed by atoms with Crippen LogP contribution in [-0.2, 0) is 12.0 Å². The van der Waals surface area contributed by atoms with Crippen molar-refractivity contribution >= 4 is 5.91 Å². The maximum Gasteiger partial charge on any atom is 0.273 e. The smallest absolute Gasteiger partial charge is 0.273 e. The van der Waals surface area contributed by atoms with Gasteiger partial charge in [0.25, 0.3) is 5.91 Å². The number of pyridine rings is 1. The second-order valence-corrected chi connectivity index (χ2v) is 5.56. The van der Waals surface area contributed by atoms with Crippen LogP contribution in [0.2, 0.25) is 0 Å². The van der Waals surface area contributed by atoms with Crippen molar-refractivity contribution in [1.29, 1.82) is 0 Å². The molecule has 1 saturated carbocycles. The zero-order valence-electron chi connectivity index (χ0n) is 10.7. The van der Waals surface area contributed by atoms with Crippen molar-refractivity contribution in [1.82, 2.24) is 9.88 Å². The average molecular weight is 230 g/mol. The van der Waals surface area contributed by atoms with Crippen LogP contribution in [0.15, 0.2) is 12.3 Å². The molecule has 1 aliphatic carbocycles. The average Bonchev–Trinajstić information content (AvgIpc) is 3.09. The standard InChI is InChI=1S/C14H18N2O/c1-4-9-7-11-12(15-8-9)13(17)16(10-5-6-10)14(11,2)3/h7-8,10H,4-6H2,1-3H3. The summed E-state index contributed by atoms with van der Waals surface area (Å²) in [6, 6.07) is 2.60. The molecule has 3 nitrogen and oxygen atoms in total. The lowest BCUT2D eigenvalue weighted by Crippen LogP contribution is -2.40. The summed E-state index contributed by atoms with van der Waals surface area (Å²) in [7, 11) is 0. The summed E-state index contributed by atoms with van der Waals surface area (Å²) in [5.74, 6) is 0.121. The fourth-order valence-corrected chi connectivity index (χ4v) is 2.79. The van der Waals surface area contributed by atoms with E-state index in [2.05, 4.69) is 31.8 Å². The number of carbonyl (C=O) groups is 1. The lowest BCUT2D eigenvalue weighted by molar-refractivity contribution is 0.0592. The molecule has 1 aromatic rings. The molecule has 0 spiro atoms. The molecule has 1 fully saturated rings. The number of aromatic nitrogens is 1. The third-order valence-corrected chi connectivity index (χ3v) is 3.95. The van der Waals surface area contributed by atoms with Crippen LogP contribution in [0.4, 0.5) is 0 Å². The van der Waals surface area contributed by atoms with Crippen molar-refractivity contribution in [3.63, 3.8) is 0 Å². The lowest BCUT2D eigenvalue weighted by Gasteiger charge is -2.32. The molecule has 17 heavy (non-hydrogen) atoms. The number of hydrogen-bond donors (Lipinski definition) is 0. The Kier molecular flexibility index (Phi) is 2.09. The van der Waals surface area contributed by atoms with Crippen LogP contribution in [0.1, 0.15) is 55.2 Å². The molecular weight excluding hydrogens is 212 g/mol. The Hall–Kier alpha value is -1.38. The number of aryl methyl sites for hydroxylation is 1. The second kappa shape index (κ2) is 3.31. The summed E-state index contributed by atoms with van der Waals surface area (Å²) >= 11 is 0. The molecule has 3 rings (SSSR count). The summed E-state index contributed by atoms with van der Waals surface area (Å²) < 4.78 is 0. The molecule has 0 bridgehead atoms. The third-order valence-electron chi connectivity index (χ3n) is 3.95. The molecule has 90 valence electrons. The van der Waals surface area contributed by atoms with Crippen LogP contribution in [0, 0.1) is 0 Å². The first-order chi connectivity index (χ1) is 8.05. The summed E-state index contributed by atoms with van der Waals surface area (Å²) in [6.07, 6.45) is 5.09. The molecule has 0 aromatic carbocycles. The van der Waals surface area contributed by atoms with Crippen molar-refractivity contribution in [3.8, 4) is 0 Å². The molecule has 1 aromatic heterocycles. The first kappa shape index (κ1) is 10.8. The first-order valence-electron chi connectivity index (χ1n) is 6.38. The van der Waals surface area contributed by atoms with E-state index in [1.807, 2.05) is 11.1 Å². The van der Waals surface area contributed by atoms with Gasteiger partial charge in [0.05, 0.1) is 5.54 Å². The van der Waals surface area contributed by atoms with Crippen LogP contribution in [0.25, 0.3) is 0 Å².